The molecule has 0 saturated carbocycles. The second kappa shape index (κ2) is 8.07. The molecular formula is C16H15ClN4O3. The molecule has 3 N–H and O–H groups in total. The van der Waals surface area contributed by atoms with Gasteiger partial charge in [-0.1, -0.05) is 11.6 Å². The van der Waals surface area contributed by atoms with E-state index in [0.29, 0.717) is 16.3 Å². The van der Waals surface area contributed by atoms with Crippen molar-refractivity contribution in [1.29, 1.82) is 0 Å². The van der Waals surface area contributed by atoms with Crippen molar-refractivity contribution < 1.29 is 14.4 Å². The fourth-order valence-corrected chi connectivity index (χ4v) is 1.99. The van der Waals surface area contributed by atoms with Gasteiger partial charge in [0.15, 0.2) is 0 Å². The molecule has 24 heavy (non-hydrogen) atoms. The molecule has 2 rings (SSSR count). The van der Waals surface area contributed by atoms with Crippen LogP contribution in [-0.2, 0) is 4.79 Å². The molecule has 8 heteroatoms. The average molecular weight is 347 g/mol. The fraction of sp³-hybridized carbons (Fsp3) is 0.125. The smallest absolute Gasteiger partial charge is 0.270 e. The first kappa shape index (κ1) is 17.4. The normalized spacial score (nSPS) is 9.92. The van der Waals surface area contributed by atoms with Gasteiger partial charge in [0.1, 0.15) is 5.69 Å². The summed E-state index contributed by atoms with van der Waals surface area (Å²) in [6.45, 7) is -0.218. The van der Waals surface area contributed by atoms with Crippen LogP contribution in [0.1, 0.15) is 20.8 Å². The predicted octanol–water partition coefficient (Wildman–Crippen LogP) is 1.46. The summed E-state index contributed by atoms with van der Waals surface area (Å²) in [4.78, 5) is 39.0. The number of amides is 3. The minimum absolute atomic E-state index is 0.130. The molecule has 0 saturated heterocycles. The third-order valence-corrected chi connectivity index (χ3v) is 3.26. The van der Waals surface area contributed by atoms with Gasteiger partial charge in [-0.15, -0.1) is 0 Å². The highest BCUT2D eigenvalue weighted by atomic mass is 35.5. The van der Waals surface area contributed by atoms with E-state index in [2.05, 4.69) is 20.9 Å². The van der Waals surface area contributed by atoms with E-state index >= 15 is 0 Å². The van der Waals surface area contributed by atoms with Crippen molar-refractivity contribution in [2.45, 2.75) is 0 Å². The maximum absolute atomic E-state index is 11.8. The molecule has 0 unspecified atom stereocenters. The number of hydrogen-bond donors (Lipinski definition) is 3. The lowest BCUT2D eigenvalue weighted by Gasteiger charge is -2.07. The summed E-state index contributed by atoms with van der Waals surface area (Å²) < 4.78 is 0. The molecule has 0 aliphatic heterocycles. The van der Waals surface area contributed by atoms with Gasteiger partial charge >= 0.3 is 0 Å². The second-order valence-electron chi connectivity index (χ2n) is 4.75. The van der Waals surface area contributed by atoms with E-state index in [4.69, 9.17) is 11.6 Å². The Morgan fingerprint density at radius 1 is 1.08 bits per heavy atom. The molecule has 0 spiro atoms. The van der Waals surface area contributed by atoms with Crippen LogP contribution in [0.2, 0.25) is 5.02 Å². The number of pyridine rings is 1. The molecule has 0 fully saturated rings. The second-order valence-corrected chi connectivity index (χ2v) is 5.18. The number of halogens is 1. The molecule has 3 amide bonds. The Bertz CT molecular complexity index is 762. The van der Waals surface area contributed by atoms with Gasteiger partial charge in [-0.05, 0) is 36.4 Å². The van der Waals surface area contributed by atoms with Gasteiger partial charge in [0.05, 0.1) is 6.54 Å². The quantitative estimate of drug-likeness (QED) is 0.763. The molecule has 2 aromatic rings. The van der Waals surface area contributed by atoms with Crippen LogP contribution < -0.4 is 16.0 Å². The van der Waals surface area contributed by atoms with E-state index in [-0.39, 0.29) is 18.1 Å². The van der Waals surface area contributed by atoms with Gasteiger partial charge in [-0.25, -0.2) is 0 Å². The van der Waals surface area contributed by atoms with Gasteiger partial charge in [-0.3, -0.25) is 19.4 Å². The molecular weight excluding hydrogens is 332 g/mol. The Hall–Kier alpha value is -2.93. The van der Waals surface area contributed by atoms with Crippen LogP contribution in [0.25, 0.3) is 0 Å². The van der Waals surface area contributed by atoms with Crippen LogP contribution in [0.3, 0.4) is 0 Å². The highest BCUT2D eigenvalue weighted by Gasteiger charge is 2.10. The molecule has 1 aromatic carbocycles. The van der Waals surface area contributed by atoms with Crippen LogP contribution >= 0.6 is 11.6 Å². The third kappa shape index (κ3) is 4.79. The molecule has 0 atom stereocenters. The lowest BCUT2D eigenvalue weighted by molar-refractivity contribution is -0.115. The Morgan fingerprint density at radius 3 is 2.42 bits per heavy atom. The predicted molar refractivity (Wildman–Crippen MR) is 90.0 cm³/mol. The van der Waals surface area contributed by atoms with Crippen molar-refractivity contribution in [2.24, 2.45) is 0 Å². The first-order valence-electron chi connectivity index (χ1n) is 7.01. The first-order chi connectivity index (χ1) is 11.5. The number of nitrogens with zero attached hydrogens (tertiary/aromatic N) is 1. The zero-order valence-electron chi connectivity index (χ0n) is 12.8. The highest BCUT2D eigenvalue weighted by Crippen LogP contribution is 2.10. The molecule has 1 heterocycles. The Balaban J connectivity index is 1.87. The van der Waals surface area contributed by atoms with Crippen LogP contribution in [-0.4, -0.2) is 36.3 Å². The highest BCUT2D eigenvalue weighted by molar-refractivity contribution is 6.30. The van der Waals surface area contributed by atoms with Crippen molar-refractivity contribution in [3.63, 3.8) is 0 Å². The number of benzene rings is 1. The van der Waals surface area contributed by atoms with Gasteiger partial charge in [0.2, 0.25) is 5.91 Å². The standard InChI is InChI=1S/C16H15ClN4O3/c1-18-15(23)10-2-4-12(5-3-10)21-14(22)9-20-16(24)13-8-11(17)6-7-19-13/h2-8H,9H2,1H3,(H,18,23)(H,20,24)(H,21,22). The van der Waals surface area contributed by atoms with Crippen molar-refractivity contribution in [3.05, 3.63) is 58.9 Å². The number of rotatable bonds is 5. The van der Waals surface area contributed by atoms with E-state index in [0.717, 1.165) is 0 Å². The molecule has 7 nitrogen and oxygen atoms in total. The summed E-state index contributed by atoms with van der Waals surface area (Å²) in [6, 6.07) is 9.33. The van der Waals surface area contributed by atoms with Crippen LogP contribution in [0.15, 0.2) is 42.6 Å². The topological polar surface area (TPSA) is 100 Å². The van der Waals surface area contributed by atoms with Crippen molar-refractivity contribution in [2.75, 3.05) is 18.9 Å². The van der Waals surface area contributed by atoms with Crippen LogP contribution in [0.4, 0.5) is 5.69 Å². The summed E-state index contributed by atoms with van der Waals surface area (Å²) in [5.41, 5.74) is 1.13. The minimum Gasteiger partial charge on any atom is -0.355 e. The first-order valence-corrected chi connectivity index (χ1v) is 7.39. The third-order valence-electron chi connectivity index (χ3n) is 3.02. The van der Waals surface area contributed by atoms with Gasteiger partial charge < -0.3 is 16.0 Å². The van der Waals surface area contributed by atoms with Gasteiger partial charge in [0, 0.05) is 29.5 Å². The molecule has 1 aromatic heterocycles. The molecule has 0 aliphatic carbocycles. The zero-order chi connectivity index (χ0) is 17.5. The van der Waals surface area contributed by atoms with Crippen LogP contribution in [0, 0.1) is 0 Å². The molecule has 124 valence electrons. The number of nitrogens with one attached hydrogen (secondary N) is 3. The fourth-order valence-electron chi connectivity index (χ4n) is 1.83. The maximum Gasteiger partial charge on any atom is 0.270 e. The van der Waals surface area contributed by atoms with E-state index in [1.807, 2.05) is 0 Å². The van der Waals surface area contributed by atoms with Gasteiger partial charge in [0.25, 0.3) is 11.8 Å². The number of hydrogen-bond acceptors (Lipinski definition) is 4. The number of carbonyl (C=O) groups is 3. The minimum atomic E-state index is -0.498. The Labute approximate surface area is 143 Å². The zero-order valence-corrected chi connectivity index (χ0v) is 13.6. The van der Waals surface area contributed by atoms with E-state index < -0.39 is 11.8 Å². The van der Waals surface area contributed by atoms with Crippen molar-refractivity contribution >= 4 is 35.0 Å². The van der Waals surface area contributed by atoms with E-state index in [9.17, 15) is 14.4 Å². The molecule has 0 aliphatic rings. The summed E-state index contributed by atoms with van der Waals surface area (Å²) in [5.74, 6) is -1.12. The number of aromatic nitrogens is 1. The van der Waals surface area contributed by atoms with Gasteiger partial charge in [-0.2, -0.15) is 0 Å². The summed E-state index contributed by atoms with van der Waals surface area (Å²) in [7, 11) is 1.54. The molecule has 0 radical (unpaired) electrons. The summed E-state index contributed by atoms with van der Waals surface area (Å²) in [5, 5.41) is 7.95. The lowest BCUT2D eigenvalue weighted by atomic mass is 10.2. The van der Waals surface area contributed by atoms with Crippen LogP contribution in [0.5, 0.6) is 0 Å². The summed E-state index contributed by atoms with van der Waals surface area (Å²) in [6.07, 6.45) is 1.41. The Morgan fingerprint density at radius 2 is 1.79 bits per heavy atom. The Kier molecular flexibility index (Phi) is 5.86. The average Bonchev–Trinajstić information content (AvgIpc) is 2.59. The number of anilines is 1. The van der Waals surface area contributed by atoms with Crippen molar-refractivity contribution in [1.82, 2.24) is 15.6 Å². The maximum atomic E-state index is 11.8. The summed E-state index contributed by atoms with van der Waals surface area (Å²) >= 11 is 5.78. The lowest BCUT2D eigenvalue weighted by Crippen LogP contribution is -2.33. The van der Waals surface area contributed by atoms with Crippen molar-refractivity contribution in [3.8, 4) is 0 Å². The van der Waals surface area contributed by atoms with E-state index in [1.54, 1.807) is 30.3 Å². The largest absolute Gasteiger partial charge is 0.355 e. The monoisotopic (exact) mass is 346 g/mol. The number of carbonyl (C=O) groups excluding carboxylic acids is 3. The van der Waals surface area contributed by atoms with E-state index in [1.165, 1.54) is 19.3 Å². The SMILES string of the molecule is CNC(=O)c1ccc(NC(=O)CNC(=O)c2cc(Cl)ccn2)cc1. The molecule has 0 bridgehead atoms.